The lowest BCUT2D eigenvalue weighted by Gasteiger charge is -2.13. The number of methoxy groups -OCH3 is 1. The Morgan fingerprint density at radius 2 is 2.18 bits per heavy atom. The Kier molecular flexibility index (Phi) is 3.13. The fraction of sp³-hybridized carbons (Fsp3) is 0.571. The van der Waals surface area contributed by atoms with Crippen LogP contribution in [0.5, 0.6) is 5.75 Å². The molecule has 1 aliphatic rings. The molecule has 2 atom stereocenters. The van der Waals surface area contributed by atoms with Crippen molar-refractivity contribution >= 4 is 0 Å². The lowest BCUT2D eigenvalue weighted by molar-refractivity contribution is 0.137. The molecule has 1 saturated carbocycles. The summed E-state index contributed by atoms with van der Waals surface area (Å²) in [6.45, 7) is 4.30. The van der Waals surface area contributed by atoms with Crippen molar-refractivity contribution in [3.63, 3.8) is 0 Å². The number of ether oxygens (including phenoxy) is 1. The second kappa shape index (κ2) is 4.30. The average molecular weight is 238 g/mol. The summed E-state index contributed by atoms with van der Waals surface area (Å²) in [4.78, 5) is 0. The summed E-state index contributed by atoms with van der Waals surface area (Å²) >= 11 is 0. The van der Waals surface area contributed by atoms with Crippen molar-refractivity contribution in [2.75, 3.05) is 7.11 Å². The Morgan fingerprint density at radius 3 is 2.65 bits per heavy atom. The van der Waals surface area contributed by atoms with Gasteiger partial charge < -0.3 is 9.84 Å². The zero-order valence-corrected chi connectivity index (χ0v) is 10.5. The molecule has 94 valence electrons. The van der Waals surface area contributed by atoms with Gasteiger partial charge in [-0.05, 0) is 41.9 Å². The van der Waals surface area contributed by atoms with Crippen molar-refractivity contribution < 1.29 is 14.2 Å². The Hall–Kier alpha value is -1.09. The van der Waals surface area contributed by atoms with Gasteiger partial charge in [-0.3, -0.25) is 0 Å². The number of halogens is 1. The Bertz CT molecular complexity index is 415. The molecule has 0 spiro atoms. The summed E-state index contributed by atoms with van der Waals surface area (Å²) in [6.07, 6.45) is 1.18. The molecule has 2 rings (SSSR count). The first kappa shape index (κ1) is 12.4. The molecule has 2 unspecified atom stereocenters. The van der Waals surface area contributed by atoms with Crippen LogP contribution in [0, 0.1) is 17.2 Å². The van der Waals surface area contributed by atoms with Gasteiger partial charge in [0.15, 0.2) is 11.6 Å². The number of benzene rings is 1. The molecule has 0 aliphatic heterocycles. The molecule has 0 amide bonds. The monoisotopic (exact) mass is 238 g/mol. The van der Waals surface area contributed by atoms with Gasteiger partial charge in [0.1, 0.15) is 0 Å². The van der Waals surface area contributed by atoms with Crippen molar-refractivity contribution in [3.8, 4) is 5.75 Å². The molecule has 17 heavy (non-hydrogen) atoms. The lowest BCUT2D eigenvalue weighted by Crippen LogP contribution is -2.16. The number of rotatable bonds is 4. The molecule has 0 bridgehead atoms. The van der Waals surface area contributed by atoms with E-state index in [1.54, 1.807) is 12.1 Å². The molecule has 2 nitrogen and oxygen atoms in total. The van der Waals surface area contributed by atoms with E-state index in [0.717, 1.165) is 12.0 Å². The van der Waals surface area contributed by atoms with Crippen molar-refractivity contribution in [1.82, 2.24) is 0 Å². The molecule has 1 aliphatic carbocycles. The maximum absolute atomic E-state index is 13.5. The smallest absolute Gasteiger partial charge is 0.165 e. The van der Waals surface area contributed by atoms with Crippen LogP contribution in [0.3, 0.4) is 0 Å². The first-order valence-corrected chi connectivity index (χ1v) is 5.94. The second-order valence-electron chi connectivity index (χ2n) is 5.54. The first-order valence-electron chi connectivity index (χ1n) is 5.94. The molecule has 3 heteroatoms. The predicted molar refractivity (Wildman–Crippen MR) is 64.6 cm³/mol. The molecule has 0 heterocycles. The van der Waals surface area contributed by atoms with Crippen LogP contribution in [-0.4, -0.2) is 18.3 Å². The SMILES string of the molecule is COc1ccc(CC(O)C2CC2(C)C)cc1F. The van der Waals surface area contributed by atoms with Gasteiger partial charge in [-0.2, -0.15) is 0 Å². The van der Waals surface area contributed by atoms with E-state index in [9.17, 15) is 9.50 Å². The fourth-order valence-corrected chi connectivity index (χ4v) is 2.39. The van der Waals surface area contributed by atoms with E-state index in [0.29, 0.717) is 12.3 Å². The van der Waals surface area contributed by atoms with Crippen LogP contribution in [0.4, 0.5) is 4.39 Å². The Morgan fingerprint density at radius 1 is 1.53 bits per heavy atom. The van der Waals surface area contributed by atoms with Gasteiger partial charge in [0.05, 0.1) is 13.2 Å². The van der Waals surface area contributed by atoms with Crippen LogP contribution in [0.25, 0.3) is 0 Å². The molecule has 1 fully saturated rings. The molecular formula is C14H19FO2. The van der Waals surface area contributed by atoms with Gasteiger partial charge in [-0.15, -0.1) is 0 Å². The molecule has 1 aromatic rings. The highest BCUT2D eigenvalue weighted by Crippen LogP contribution is 2.54. The van der Waals surface area contributed by atoms with Crippen molar-refractivity contribution in [3.05, 3.63) is 29.6 Å². The van der Waals surface area contributed by atoms with Crippen molar-refractivity contribution in [2.24, 2.45) is 11.3 Å². The van der Waals surface area contributed by atoms with Gasteiger partial charge in [-0.25, -0.2) is 4.39 Å². The standard InChI is InChI=1S/C14H19FO2/c1-14(2)8-10(14)12(16)7-9-4-5-13(17-3)11(15)6-9/h4-6,10,12,16H,7-8H2,1-3H3. The maximum Gasteiger partial charge on any atom is 0.165 e. The van der Waals surface area contributed by atoms with Crippen LogP contribution in [0.1, 0.15) is 25.8 Å². The predicted octanol–water partition coefficient (Wildman–Crippen LogP) is 2.78. The van der Waals surface area contributed by atoms with Gasteiger partial charge in [0, 0.05) is 0 Å². The third kappa shape index (κ3) is 2.60. The normalized spacial score (nSPS) is 23.2. The zero-order chi connectivity index (χ0) is 12.6. The van der Waals surface area contributed by atoms with Gasteiger partial charge in [0.25, 0.3) is 0 Å². The third-order valence-corrected chi connectivity index (χ3v) is 3.72. The van der Waals surface area contributed by atoms with Crippen molar-refractivity contribution in [1.29, 1.82) is 0 Å². The lowest BCUT2D eigenvalue weighted by atomic mass is 9.99. The molecule has 0 radical (unpaired) electrons. The van der Waals surface area contributed by atoms with Crippen LogP contribution < -0.4 is 4.74 Å². The average Bonchev–Trinajstić information content (AvgIpc) is 2.88. The van der Waals surface area contributed by atoms with Crippen LogP contribution in [0.15, 0.2) is 18.2 Å². The maximum atomic E-state index is 13.5. The fourth-order valence-electron chi connectivity index (χ4n) is 2.39. The van der Waals surface area contributed by atoms with Crippen LogP contribution in [-0.2, 0) is 6.42 Å². The van der Waals surface area contributed by atoms with Crippen LogP contribution >= 0.6 is 0 Å². The van der Waals surface area contributed by atoms with E-state index in [-0.39, 0.29) is 23.1 Å². The zero-order valence-electron chi connectivity index (χ0n) is 10.5. The second-order valence-corrected chi connectivity index (χ2v) is 5.54. The highest BCUT2D eigenvalue weighted by Gasteiger charge is 2.49. The van der Waals surface area contributed by atoms with E-state index in [1.807, 2.05) is 0 Å². The van der Waals surface area contributed by atoms with E-state index in [2.05, 4.69) is 13.8 Å². The minimum atomic E-state index is -0.377. The van der Waals surface area contributed by atoms with Gasteiger partial charge in [-0.1, -0.05) is 19.9 Å². The van der Waals surface area contributed by atoms with E-state index in [1.165, 1.54) is 13.2 Å². The quantitative estimate of drug-likeness (QED) is 0.874. The number of hydrogen-bond acceptors (Lipinski definition) is 2. The van der Waals surface area contributed by atoms with Crippen molar-refractivity contribution in [2.45, 2.75) is 32.8 Å². The molecule has 0 aromatic heterocycles. The highest BCUT2D eigenvalue weighted by molar-refractivity contribution is 5.29. The minimum absolute atomic E-state index is 0.241. The number of aliphatic hydroxyl groups is 1. The molecule has 1 N–H and O–H groups in total. The summed E-state index contributed by atoms with van der Waals surface area (Å²) in [7, 11) is 1.44. The largest absolute Gasteiger partial charge is 0.494 e. The summed E-state index contributed by atoms with van der Waals surface area (Å²) in [5, 5.41) is 10.0. The van der Waals surface area contributed by atoms with Gasteiger partial charge in [0.2, 0.25) is 0 Å². The molecular weight excluding hydrogens is 219 g/mol. The minimum Gasteiger partial charge on any atom is -0.494 e. The summed E-state index contributed by atoms with van der Waals surface area (Å²) in [5.74, 6) is 0.218. The molecule has 1 aromatic carbocycles. The van der Waals surface area contributed by atoms with E-state index in [4.69, 9.17) is 4.74 Å². The topological polar surface area (TPSA) is 29.5 Å². The Balaban J connectivity index is 2.02. The summed E-state index contributed by atoms with van der Waals surface area (Å²) in [5.41, 5.74) is 1.06. The van der Waals surface area contributed by atoms with Gasteiger partial charge >= 0.3 is 0 Å². The third-order valence-electron chi connectivity index (χ3n) is 3.72. The first-order chi connectivity index (χ1) is 7.94. The molecule has 0 saturated heterocycles. The van der Waals surface area contributed by atoms with E-state index < -0.39 is 0 Å². The summed E-state index contributed by atoms with van der Waals surface area (Å²) < 4.78 is 18.3. The highest BCUT2D eigenvalue weighted by atomic mass is 19.1. The number of aliphatic hydroxyl groups excluding tert-OH is 1. The Labute approximate surface area is 101 Å². The van der Waals surface area contributed by atoms with E-state index >= 15 is 0 Å². The summed E-state index contributed by atoms with van der Waals surface area (Å²) in [6, 6.07) is 4.85. The van der Waals surface area contributed by atoms with Crippen LogP contribution in [0.2, 0.25) is 0 Å². The number of hydrogen-bond donors (Lipinski definition) is 1.